The van der Waals surface area contributed by atoms with E-state index in [-0.39, 0.29) is 36.8 Å². The van der Waals surface area contributed by atoms with Gasteiger partial charge in [-0.1, -0.05) is 56.3 Å². The highest BCUT2D eigenvalue weighted by Gasteiger charge is 2.22. The summed E-state index contributed by atoms with van der Waals surface area (Å²) in [4.78, 5) is 58.0. The maximum Gasteiger partial charge on any atom is 0.326 e. The Morgan fingerprint density at radius 1 is 0.951 bits per heavy atom. The quantitative estimate of drug-likeness (QED) is 0.0859. The molecule has 0 spiro atoms. The van der Waals surface area contributed by atoms with Crippen molar-refractivity contribution in [3.63, 3.8) is 0 Å². The van der Waals surface area contributed by atoms with Crippen LogP contribution in [-0.2, 0) is 25.6 Å². The molecule has 0 aliphatic rings. The van der Waals surface area contributed by atoms with Gasteiger partial charge in [-0.15, -0.1) is 0 Å². The predicted molar refractivity (Wildman–Crippen MR) is 156 cm³/mol. The third-order valence-electron chi connectivity index (χ3n) is 5.93. The van der Waals surface area contributed by atoms with E-state index >= 15 is 0 Å². The Morgan fingerprint density at radius 3 is 2.29 bits per heavy atom. The Morgan fingerprint density at radius 2 is 1.66 bits per heavy atom. The van der Waals surface area contributed by atoms with Gasteiger partial charge < -0.3 is 31.0 Å². The van der Waals surface area contributed by atoms with Crippen LogP contribution < -0.4 is 21.3 Å². The Bertz CT molecular complexity index is 1140. The van der Waals surface area contributed by atoms with Crippen molar-refractivity contribution in [2.75, 3.05) is 12.4 Å². The first-order chi connectivity index (χ1) is 19.7. The summed E-state index contributed by atoms with van der Waals surface area (Å²) in [5.74, 6) is -2.91. The van der Waals surface area contributed by atoms with Crippen molar-refractivity contribution in [1.29, 1.82) is 0 Å². The minimum absolute atomic E-state index is 0.0422. The molecule has 6 N–H and O–H groups in total. The van der Waals surface area contributed by atoms with Crippen molar-refractivity contribution < 1.29 is 38.1 Å². The first kappa shape index (κ1) is 35.3. The molecule has 13 heteroatoms. The molecule has 0 fully saturated rings. The van der Waals surface area contributed by atoms with Gasteiger partial charge in [0.2, 0.25) is 5.91 Å². The highest BCUT2D eigenvalue weighted by atomic mass is 32.2. The van der Waals surface area contributed by atoms with Crippen LogP contribution in [0, 0.1) is 0 Å². The van der Waals surface area contributed by atoms with Crippen LogP contribution in [0.2, 0.25) is 0 Å². The summed E-state index contributed by atoms with van der Waals surface area (Å²) >= 11 is 0.0894. The van der Waals surface area contributed by atoms with Crippen molar-refractivity contribution in [1.82, 2.24) is 21.3 Å². The van der Waals surface area contributed by atoms with Crippen LogP contribution >= 0.6 is 12.1 Å². The Balaban J connectivity index is 0.00000411. The lowest BCUT2D eigenvalue weighted by Gasteiger charge is -2.19. The van der Waals surface area contributed by atoms with Crippen LogP contribution in [0.15, 0.2) is 42.5 Å². The third-order valence-corrected chi connectivity index (χ3v) is 6.20. The predicted octanol–water partition coefficient (Wildman–Crippen LogP) is 3.41. The number of aldehydes is 1. The molecule has 0 bridgehead atoms. The minimum Gasteiger partial charge on any atom is -0.481 e. The number of hydrogen-bond donors (Lipinski definition) is 6. The lowest BCUT2D eigenvalue weighted by Crippen LogP contribution is -2.49. The second-order valence-electron chi connectivity index (χ2n) is 8.87. The molecule has 0 aromatic heterocycles. The number of urea groups is 1. The smallest absolute Gasteiger partial charge is 0.326 e. The zero-order chi connectivity index (χ0) is 30.6. The number of carbonyl (C=O) groups is 5. The van der Waals surface area contributed by atoms with Gasteiger partial charge in [0, 0.05) is 13.0 Å². The lowest BCUT2D eigenvalue weighted by atomic mass is 10.0. The van der Waals surface area contributed by atoms with Crippen LogP contribution in [0.5, 0.6) is 0 Å². The lowest BCUT2D eigenvalue weighted by molar-refractivity contribution is -0.140. The number of aliphatic carboxylic acids is 2. The van der Waals surface area contributed by atoms with Crippen molar-refractivity contribution >= 4 is 53.1 Å². The van der Waals surface area contributed by atoms with Crippen molar-refractivity contribution in [3.05, 3.63) is 48.0 Å². The summed E-state index contributed by atoms with van der Waals surface area (Å²) in [5, 5.41) is 30.1. The first-order valence-electron chi connectivity index (χ1n) is 13.4. The number of carbonyl (C=O) groups excluding carboxylic acids is 3. The van der Waals surface area contributed by atoms with Crippen LogP contribution in [-0.4, -0.2) is 70.9 Å². The van der Waals surface area contributed by atoms with E-state index in [9.17, 15) is 27.9 Å². The van der Waals surface area contributed by atoms with E-state index in [0.717, 1.165) is 16.3 Å². The summed E-state index contributed by atoms with van der Waals surface area (Å²) in [7, 11) is 0. The van der Waals surface area contributed by atoms with E-state index in [1.165, 1.54) is 0 Å². The fourth-order valence-corrected chi connectivity index (χ4v) is 4.15. The van der Waals surface area contributed by atoms with Gasteiger partial charge in [0.25, 0.3) is 0 Å². The average molecular weight is 595 g/mol. The highest BCUT2D eigenvalue weighted by molar-refractivity contribution is 7.94. The fourth-order valence-electron chi connectivity index (χ4n) is 3.88. The number of carboxylic acids is 2. The minimum atomic E-state index is -1.41. The number of carboxylic acid groups (broad SMARTS) is 2. The zero-order valence-corrected chi connectivity index (χ0v) is 24.0. The molecular formula is C28H39FN4O7S. The number of unbranched alkanes of at least 4 members (excludes halogenated alkanes) is 1. The van der Waals surface area contributed by atoms with Gasteiger partial charge in [-0.05, 0) is 48.4 Å². The number of fused-ring (bicyclic) bond motifs is 1. The number of benzene rings is 2. The maximum absolute atomic E-state index is 12.8. The topological polar surface area (TPSA) is 174 Å². The number of nitrogens with one attached hydrogen (secondary N) is 4. The molecule has 3 amide bonds. The van der Waals surface area contributed by atoms with Crippen molar-refractivity contribution in [2.45, 2.75) is 70.5 Å². The van der Waals surface area contributed by atoms with E-state index in [0.29, 0.717) is 32.1 Å². The van der Waals surface area contributed by atoms with E-state index < -0.39 is 42.5 Å². The van der Waals surface area contributed by atoms with Gasteiger partial charge >= 0.3 is 18.0 Å². The number of halogens is 1. The van der Waals surface area contributed by atoms with E-state index in [1.807, 2.05) is 56.3 Å². The number of hydrogen-bond acceptors (Lipinski definition) is 7. The molecule has 0 heterocycles. The molecule has 0 radical (unpaired) electrons. The van der Waals surface area contributed by atoms with Gasteiger partial charge in [-0.2, -0.15) is 3.89 Å². The molecule has 0 saturated heterocycles. The molecule has 41 heavy (non-hydrogen) atoms. The maximum atomic E-state index is 12.8. The van der Waals surface area contributed by atoms with Gasteiger partial charge in [0.1, 0.15) is 12.3 Å². The Labute approximate surface area is 243 Å². The van der Waals surface area contributed by atoms with E-state index in [4.69, 9.17) is 10.2 Å². The molecule has 3 atom stereocenters. The summed E-state index contributed by atoms with van der Waals surface area (Å²) in [5.41, 5.74) is 0.927. The molecular weight excluding hydrogens is 555 g/mol. The van der Waals surface area contributed by atoms with Crippen LogP contribution in [0.1, 0.15) is 51.5 Å². The van der Waals surface area contributed by atoms with Crippen LogP contribution in [0.25, 0.3) is 10.8 Å². The van der Waals surface area contributed by atoms with E-state index in [2.05, 4.69) is 21.3 Å². The summed E-state index contributed by atoms with van der Waals surface area (Å²) in [6.45, 7) is 4.30. The van der Waals surface area contributed by atoms with E-state index in [1.54, 1.807) is 0 Å². The fraction of sp³-hybridized carbons (Fsp3) is 0.464. The molecule has 2 aromatic rings. The standard InChI is InChI=1S/C26H33FN4O7S.C2H6/c27-39-16-29-22(14-17-8-9-18-5-1-2-6-19(18)13-17)24(35)28-12-4-3-7-20(15-32)30-26(38)31-21(25(36)37)10-11-23(33)34;1-2/h1-2,5-6,8-9,13,15,20-22,29H,3-4,7,10-12,14,16H2,(H,28,35)(H,33,34)(H,36,37)(H2,30,31,38);1-2H3. The first-order valence-corrected chi connectivity index (χ1v) is 14.3. The summed E-state index contributed by atoms with van der Waals surface area (Å²) in [6.07, 6.45) is 1.36. The molecule has 0 saturated carbocycles. The largest absolute Gasteiger partial charge is 0.481 e. The van der Waals surface area contributed by atoms with Crippen molar-refractivity contribution in [2.24, 2.45) is 0 Å². The molecule has 11 nitrogen and oxygen atoms in total. The number of rotatable bonds is 18. The molecule has 0 aliphatic carbocycles. The van der Waals surface area contributed by atoms with Gasteiger partial charge in [0.05, 0.1) is 30.1 Å². The molecule has 2 rings (SSSR count). The molecule has 0 aliphatic heterocycles. The summed E-state index contributed by atoms with van der Waals surface area (Å²) < 4.78 is 12.7. The summed E-state index contributed by atoms with van der Waals surface area (Å²) in [6, 6.07) is 9.90. The third kappa shape index (κ3) is 14.0. The molecule has 226 valence electrons. The SMILES string of the molecule is CC.O=CC(CCCCNC(=O)C(Cc1ccc2ccccc2c1)NCSF)NC(=O)NC(CCC(=O)O)C(=O)O. The van der Waals surface area contributed by atoms with Gasteiger partial charge in [0.15, 0.2) is 0 Å². The normalized spacial score (nSPS) is 12.7. The van der Waals surface area contributed by atoms with Crippen molar-refractivity contribution in [3.8, 4) is 0 Å². The number of amides is 3. The Hall–Kier alpha value is -3.71. The molecule has 3 unspecified atom stereocenters. The van der Waals surface area contributed by atoms with Crippen LogP contribution in [0.4, 0.5) is 8.68 Å². The van der Waals surface area contributed by atoms with Gasteiger partial charge in [-0.3, -0.25) is 14.9 Å². The van der Waals surface area contributed by atoms with Crippen LogP contribution in [0.3, 0.4) is 0 Å². The van der Waals surface area contributed by atoms with Gasteiger partial charge in [-0.25, -0.2) is 9.59 Å². The molecule has 2 aromatic carbocycles. The monoisotopic (exact) mass is 594 g/mol. The average Bonchev–Trinajstić information content (AvgIpc) is 2.97. The second kappa shape index (κ2) is 20.2. The Kier molecular flexibility index (Phi) is 17.4. The second-order valence-corrected chi connectivity index (χ2v) is 9.37. The highest BCUT2D eigenvalue weighted by Crippen LogP contribution is 2.17. The zero-order valence-electron chi connectivity index (χ0n) is 23.2.